The number of fused-ring (bicyclic) bond motifs is 1. The molecule has 126 valence electrons. The van der Waals surface area contributed by atoms with Gasteiger partial charge in [0.05, 0.1) is 5.71 Å². The number of carbonyl (C=O) groups excluding carboxylic acids is 1. The maximum atomic E-state index is 11.8. The molecule has 1 saturated heterocycles. The summed E-state index contributed by atoms with van der Waals surface area (Å²) in [6.45, 7) is 4.09. The zero-order valence-electron chi connectivity index (χ0n) is 14.2. The molecular weight excluding hydrogens is 300 g/mol. The van der Waals surface area contributed by atoms with Crippen molar-refractivity contribution in [3.63, 3.8) is 0 Å². The third kappa shape index (κ3) is 3.92. The Morgan fingerprint density at radius 1 is 1.25 bits per heavy atom. The Labute approximate surface area is 142 Å². The van der Waals surface area contributed by atoms with Gasteiger partial charge in [-0.2, -0.15) is 5.10 Å². The summed E-state index contributed by atoms with van der Waals surface area (Å²) < 4.78 is 0. The number of amides is 1. The van der Waals surface area contributed by atoms with E-state index >= 15 is 0 Å². The van der Waals surface area contributed by atoms with Crippen LogP contribution in [0.25, 0.3) is 10.8 Å². The highest BCUT2D eigenvalue weighted by molar-refractivity contribution is 6.01. The third-order valence-corrected chi connectivity index (χ3v) is 4.31. The van der Waals surface area contributed by atoms with Crippen LogP contribution in [0, 0.1) is 0 Å². The van der Waals surface area contributed by atoms with Crippen molar-refractivity contribution in [3.8, 4) is 0 Å². The highest BCUT2D eigenvalue weighted by Gasteiger charge is 2.24. The van der Waals surface area contributed by atoms with Gasteiger partial charge >= 0.3 is 0 Å². The molecule has 2 aromatic carbocycles. The first kappa shape index (κ1) is 16.5. The second kappa shape index (κ2) is 7.45. The lowest BCUT2D eigenvalue weighted by molar-refractivity contribution is -0.124. The first-order valence-corrected chi connectivity index (χ1v) is 8.50. The molecule has 0 radical (unpaired) electrons. The lowest BCUT2D eigenvalue weighted by Gasteiger charge is -2.31. The topological polar surface area (TPSA) is 65.5 Å². The van der Waals surface area contributed by atoms with E-state index in [9.17, 15) is 4.79 Å². The fourth-order valence-corrected chi connectivity index (χ4v) is 3.02. The van der Waals surface area contributed by atoms with Crippen molar-refractivity contribution < 1.29 is 4.79 Å². The Morgan fingerprint density at radius 3 is 2.83 bits per heavy atom. The molecule has 24 heavy (non-hydrogen) atoms. The van der Waals surface area contributed by atoms with Crippen LogP contribution in [-0.2, 0) is 4.79 Å². The monoisotopic (exact) mass is 324 g/mol. The molecule has 0 bridgehead atoms. The first-order valence-electron chi connectivity index (χ1n) is 8.50. The predicted molar refractivity (Wildman–Crippen MR) is 97.7 cm³/mol. The summed E-state index contributed by atoms with van der Waals surface area (Å²) in [5.41, 5.74) is 4.98. The molecule has 1 amide bonds. The van der Waals surface area contributed by atoms with Crippen LogP contribution in [0.1, 0.15) is 38.7 Å². The zero-order valence-corrected chi connectivity index (χ0v) is 14.2. The lowest BCUT2D eigenvalue weighted by Crippen LogP contribution is -2.61. The highest BCUT2D eigenvalue weighted by Crippen LogP contribution is 2.16. The van der Waals surface area contributed by atoms with E-state index in [4.69, 9.17) is 0 Å². The van der Waals surface area contributed by atoms with E-state index in [0.717, 1.165) is 24.1 Å². The van der Waals surface area contributed by atoms with Gasteiger partial charge in [0, 0.05) is 12.5 Å². The van der Waals surface area contributed by atoms with Gasteiger partial charge in [0.1, 0.15) is 0 Å². The minimum atomic E-state index is -0.321. The van der Waals surface area contributed by atoms with Gasteiger partial charge in [-0.1, -0.05) is 49.7 Å². The molecule has 1 aliphatic heterocycles. The molecule has 0 saturated carbocycles. The zero-order chi connectivity index (χ0) is 16.9. The van der Waals surface area contributed by atoms with Crippen molar-refractivity contribution in [1.82, 2.24) is 16.1 Å². The molecule has 3 N–H and O–H groups in total. The summed E-state index contributed by atoms with van der Waals surface area (Å²) >= 11 is 0. The van der Waals surface area contributed by atoms with Crippen LogP contribution in [0.3, 0.4) is 0 Å². The molecule has 0 spiro atoms. The van der Waals surface area contributed by atoms with E-state index in [1.165, 1.54) is 10.8 Å². The molecular formula is C19H24N4O. The van der Waals surface area contributed by atoms with Gasteiger partial charge in [-0.05, 0) is 35.7 Å². The second-order valence-corrected chi connectivity index (χ2v) is 6.25. The van der Waals surface area contributed by atoms with Crippen LogP contribution in [0.5, 0.6) is 0 Å². The SMILES string of the molecule is CCCC1CC(=O)NC(N/N=C(\C)c2ccc3ccccc3c2)N1. The third-order valence-electron chi connectivity index (χ3n) is 4.31. The predicted octanol–water partition coefficient (Wildman–Crippen LogP) is 2.72. The van der Waals surface area contributed by atoms with Crippen molar-refractivity contribution in [2.75, 3.05) is 0 Å². The summed E-state index contributed by atoms with van der Waals surface area (Å²) in [6.07, 6.45) is 2.24. The summed E-state index contributed by atoms with van der Waals surface area (Å²) in [6, 6.07) is 14.8. The standard InChI is InChI=1S/C19H24N4O/c1-3-6-17-12-18(24)21-19(20-17)23-22-13(2)15-10-9-14-7-4-5-8-16(14)11-15/h4-5,7-11,17,19-20,23H,3,6,12H2,1-2H3,(H,21,24)/b22-13+. The van der Waals surface area contributed by atoms with Crippen molar-refractivity contribution in [2.24, 2.45) is 5.10 Å². The van der Waals surface area contributed by atoms with Crippen LogP contribution < -0.4 is 16.1 Å². The molecule has 3 rings (SSSR count). The Kier molecular flexibility index (Phi) is 5.11. The molecule has 0 aliphatic carbocycles. The molecule has 2 atom stereocenters. The lowest BCUT2D eigenvalue weighted by atomic mass is 10.0. The van der Waals surface area contributed by atoms with Gasteiger partial charge in [-0.15, -0.1) is 0 Å². The van der Waals surface area contributed by atoms with Gasteiger partial charge in [-0.3, -0.25) is 15.5 Å². The number of rotatable bonds is 5. The highest BCUT2D eigenvalue weighted by atomic mass is 16.2. The van der Waals surface area contributed by atoms with E-state index in [-0.39, 0.29) is 18.2 Å². The maximum Gasteiger partial charge on any atom is 0.224 e. The van der Waals surface area contributed by atoms with Crippen LogP contribution in [0.4, 0.5) is 0 Å². The van der Waals surface area contributed by atoms with Crippen LogP contribution in [-0.4, -0.2) is 24.0 Å². The molecule has 0 aromatic heterocycles. The Bertz CT molecular complexity index is 756. The minimum absolute atomic E-state index is 0.0586. The fourth-order valence-electron chi connectivity index (χ4n) is 3.02. The van der Waals surface area contributed by atoms with E-state index in [2.05, 4.69) is 58.4 Å². The average Bonchev–Trinajstić information content (AvgIpc) is 2.59. The molecule has 5 nitrogen and oxygen atoms in total. The number of nitrogens with one attached hydrogen (secondary N) is 3. The fraction of sp³-hybridized carbons (Fsp3) is 0.368. The van der Waals surface area contributed by atoms with Gasteiger partial charge in [0.2, 0.25) is 5.91 Å². The normalized spacial score (nSPS) is 21.6. The Balaban J connectivity index is 1.69. The quantitative estimate of drug-likeness (QED) is 0.585. The van der Waals surface area contributed by atoms with Gasteiger partial charge in [0.25, 0.3) is 0 Å². The van der Waals surface area contributed by atoms with Crippen LogP contribution >= 0.6 is 0 Å². The van der Waals surface area contributed by atoms with E-state index in [1.807, 2.05) is 19.1 Å². The number of benzene rings is 2. The molecule has 1 aliphatic rings. The first-order chi connectivity index (χ1) is 11.7. The molecule has 1 heterocycles. The van der Waals surface area contributed by atoms with Gasteiger partial charge in [0.15, 0.2) is 6.29 Å². The number of nitrogens with zero attached hydrogens (tertiary/aromatic N) is 1. The largest absolute Gasteiger partial charge is 0.322 e. The molecule has 2 unspecified atom stereocenters. The summed E-state index contributed by atoms with van der Waals surface area (Å²) in [5, 5.41) is 13.1. The molecule has 2 aromatic rings. The summed E-state index contributed by atoms with van der Waals surface area (Å²) in [7, 11) is 0. The second-order valence-electron chi connectivity index (χ2n) is 6.25. The minimum Gasteiger partial charge on any atom is -0.322 e. The number of hydrazone groups is 1. The van der Waals surface area contributed by atoms with Crippen molar-refractivity contribution in [1.29, 1.82) is 0 Å². The summed E-state index contributed by atoms with van der Waals surface area (Å²) in [4.78, 5) is 11.8. The number of hydrogen-bond donors (Lipinski definition) is 3. The van der Waals surface area contributed by atoms with Crippen molar-refractivity contribution >= 4 is 22.4 Å². The number of hydrogen-bond acceptors (Lipinski definition) is 4. The van der Waals surface area contributed by atoms with Crippen LogP contribution in [0.15, 0.2) is 47.6 Å². The summed E-state index contributed by atoms with van der Waals surface area (Å²) in [5.74, 6) is 0.0586. The molecule has 1 fully saturated rings. The van der Waals surface area contributed by atoms with Gasteiger partial charge < -0.3 is 5.32 Å². The van der Waals surface area contributed by atoms with E-state index < -0.39 is 0 Å². The maximum absolute atomic E-state index is 11.8. The average molecular weight is 324 g/mol. The van der Waals surface area contributed by atoms with E-state index in [0.29, 0.717) is 6.42 Å². The Morgan fingerprint density at radius 2 is 2.04 bits per heavy atom. The Hall–Kier alpha value is -2.40. The van der Waals surface area contributed by atoms with E-state index in [1.54, 1.807) is 0 Å². The van der Waals surface area contributed by atoms with Crippen molar-refractivity contribution in [2.45, 2.75) is 45.4 Å². The molecule has 5 heteroatoms. The van der Waals surface area contributed by atoms with Gasteiger partial charge in [-0.25, -0.2) is 0 Å². The number of carbonyl (C=O) groups is 1. The smallest absolute Gasteiger partial charge is 0.224 e. The van der Waals surface area contributed by atoms with Crippen LogP contribution in [0.2, 0.25) is 0 Å². The van der Waals surface area contributed by atoms with Crippen molar-refractivity contribution in [3.05, 3.63) is 48.0 Å².